The molecule has 0 aliphatic heterocycles. The fourth-order valence-corrected chi connectivity index (χ4v) is 3.32. The highest BCUT2D eigenvalue weighted by atomic mass is 19.4. The molecule has 1 amide bonds. The number of carbonyl (C=O) groups excluding carboxylic acids is 1. The lowest BCUT2D eigenvalue weighted by molar-refractivity contribution is -0.141. The molecule has 0 saturated carbocycles. The number of rotatable bonds is 5. The second-order valence-electron chi connectivity index (χ2n) is 6.83. The van der Waals surface area contributed by atoms with Gasteiger partial charge in [0.2, 0.25) is 5.91 Å². The van der Waals surface area contributed by atoms with E-state index in [2.05, 4.69) is 15.4 Å². The average molecular weight is 413 g/mol. The van der Waals surface area contributed by atoms with Gasteiger partial charge in [-0.25, -0.2) is 4.98 Å². The molecule has 2 aromatic carbocycles. The van der Waals surface area contributed by atoms with Crippen molar-refractivity contribution in [3.05, 3.63) is 83.9 Å². The van der Waals surface area contributed by atoms with E-state index < -0.39 is 23.8 Å². The molecule has 2 heterocycles. The number of para-hydroxylation sites is 2. The minimum absolute atomic E-state index is 0.344. The number of fused-ring (bicyclic) bond motifs is 1. The van der Waals surface area contributed by atoms with Crippen LogP contribution in [0.25, 0.3) is 11.0 Å². The Labute approximate surface area is 170 Å². The lowest BCUT2D eigenvalue weighted by Gasteiger charge is -2.19. The number of benzene rings is 2. The third-order valence-corrected chi connectivity index (χ3v) is 4.75. The molecule has 4 rings (SSSR count). The zero-order valence-electron chi connectivity index (χ0n) is 16.0. The van der Waals surface area contributed by atoms with Crippen LogP contribution >= 0.6 is 0 Å². The fourth-order valence-electron chi connectivity index (χ4n) is 3.32. The van der Waals surface area contributed by atoms with Crippen LogP contribution in [0.3, 0.4) is 0 Å². The summed E-state index contributed by atoms with van der Waals surface area (Å²) in [5.74, 6) is 0.139. The first-order valence-electron chi connectivity index (χ1n) is 9.19. The number of alkyl halides is 3. The normalized spacial score (nSPS) is 12.8. The molecule has 0 aliphatic rings. The van der Waals surface area contributed by atoms with Gasteiger partial charge in [0.1, 0.15) is 18.4 Å². The van der Waals surface area contributed by atoms with E-state index in [1.807, 2.05) is 66.2 Å². The number of halogens is 3. The minimum atomic E-state index is -4.55. The van der Waals surface area contributed by atoms with Crippen molar-refractivity contribution in [3.63, 3.8) is 0 Å². The topological polar surface area (TPSA) is 64.7 Å². The van der Waals surface area contributed by atoms with Crippen molar-refractivity contribution in [1.29, 1.82) is 0 Å². The molecule has 1 unspecified atom stereocenters. The molecular formula is C21H18F3N5O. The smallest absolute Gasteiger partial charge is 0.340 e. The van der Waals surface area contributed by atoms with Crippen LogP contribution in [0.1, 0.15) is 23.1 Å². The lowest BCUT2D eigenvalue weighted by atomic mass is 10.1. The Kier molecular flexibility index (Phi) is 5.03. The van der Waals surface area contributed by atoms with Gasteiger partial charge >= 0.3 is 6.18 Å². The van der Waals surface area contributed by atoms with Crippen molar-refractivity contribution in [2.45, 2.75) is 18.8 Å². The first-order valence-corrected chi connectivity index (χ1v) is 9.19. The van der Waals surface area contributed by atoms with Crippen LogP contribution in [0.4, 0.5) is 13.2 Å². The van der Waals surface area contributed by atoms with Gasteiger partial charge in [-0.05, 0) is 23.8 Å². The van der Waals surface area contributed by atoms with Crippen molar-refractivity contribution in [2.24, 2.45) is 7.05 Å². The Morgan fingerprint density at radius 1 is 1.07 bits per heavy atom. The maximum atomic E-state index is 12.7. The summed E-state index contributed by atoms with van der Waals surface area (Å²) in [5, 5.41) is 6.32. The van der Waals surface area contributed by atoms with Gasteiger partial charge in [0.25, 0.3) is 0 Å². The summed E-state index contributed by atoms with van der Waals surface area (Å²) in [6.07, 6.45) is -3.42. The molecule has 6 nitrogen and oxygen atoms in total. The van der Waals surface area contributed by atoms with E-state index in [4.69, 9.17) is 0 Å². The number of carbonyl (C=O) groups is 1. The largest absolute Gasteiger partial charge is 0.435 e. The maximum absolute atomic E-state index is 12.7. The molecule has 2 aromatic heterocycles. The Bertz CT molecular complexity index is 1180. The first kappa shape index (κ1) is 19.7. The molecule has 0 fully saturated rings. The second kappa shape index (κ2) is 7.66. The number of nitrogens with zero attached hydrogens (tertiary/aromatic N) is 4. The second-order valence-corrected chi connectivity index (χ2v) is 6.83. The molecule has 4 aromatic rings. The molecular weight excluding hydrogens is 395 g/mol. The van der Waals surface area contributed by atoms with Crippen molar-refractivity contribution in [2.75, 3.05) is 0 Å². The zero-order chi connectivity index (χ0) is 21.3. The molecule has 0 bridgehead atoms. The summed E-state index contributed by atoms with van der Waals surface area (Å²) in [5.41, 5.74) is 1.46. The van der Waals surface area contributed by atoms with E-state index in [9.17, 15) is 18.0 Å². The maximum Gasteiger partial charge on any atom is 0.435 e. The van der Waals surface area contributed by atoms with Gasteiger partial charge < -0.3 is 9.88 Å². The predicted octanol–water partition coefficient (Wildman–Crippen LogP) is 3.69. The van der Waals surface area contributed by atoms with Crippen LogP contribution < -0.4 is 5.32 Å². The van der Waals surface area contributed by atoms with Gasteiger partial charge in [0.15, 0.2) is 5.69 Å². The summed E-state index contributed by atoms with van der Waals surface area (Å²) in [6.45, 7) is -0.344. The monoisotopic (exact) mass is 413 g/mol. The quantitative estimate of drug-likeness (QED) is 0.543. The van der Waals surface area contributed by atoms with Crippen LogP contribution in [0, 0.1) is 0 Å². The minimum Gasteiger partial charge on any atom is -0.340 e. The fraction of sp³-hybridized carbons (Fsp3) is 0.190. The number of aromatic nitrogens is 4. The number of hydrogen-bond donors (Lipinski definition) is 1. The molecule has 154 valence electrons. The van der Waals surface area contributed by atoms with E-state index >= 15 is 0 Å². The molecule has 0 saturated heterocycles. The molecule has 30 heavy (non-hydrogen) atoms. The molecule has 9 heteroatoms. The van der Waals surface area contributed by atoms with Gasteiger partial charge in [0.05, 0.1) is 11.0 Å². The van der Waals surface area contributed by atoms with E-state index in [-0.39, 0.29) is 6.54 Å². The Balaban J connectivity index is 1.63. The summed E-state index contributed by atoms with van der Waals surface area (Å²) < 4.78 is 41.1. The summed E-state index contributed by atoms with van der Waals surface area (Å²) in [4.78, 5) is 17.3. The highest BCUT2D eigenvalue weighted by Gasteiger charge is 2.33. The van der Waals surface area contributed by atoms with Crippen molar-refractivity contribution < 1.29 is 18.0 Å². The van der Waals surface area contributed by atoms with Crippen molar-refractivity contribution in [3.8, 4) is 0 Å². The van der Waals surface area contributed by atoms with Crippen LogP contribution in [0.15, 0.2) is 66.9 Å². The van der Waals surface area contributed by atoms with E-state index in [0.717, 1.165) is 33.5 Å². The number of imidazole rings is 1. The number of nitrogens with one attached hydrogen (secondary N) is 1. The summed E-state index contributed by atoms with van der Waals surface area (Å²) >= 11 is 0. The standard InChI is InChI=1S/C21H18F3N5O/c1-28-16-10-6-5-9-15(16)25-20(28)19(14-7-3-2-4-8-14)26-18(30)13-29-12-11-17(27-29)21(22,23)24/h2-12,19H,13H2,1H3,(H,26,30). The number of amides is 1. The molecule has 0 aliphatic carbocycles. The zero-order valence-corrected chi connectivity index (χ0v) is 16.0. The van der Waals surface area contributed by atoms with E-state index in [1.54, 1.807) is 0 Å². The van der Waals surface area contributed by atoms with Gasteiger partial charge in [-0.15, -0.1) is 0 Å². The highest BCUT2D eigenvalue weighted by molar-refractivity contribution is 5.78. The van der Waals surface area contributed by atoms with Gasteiger partial charge in [0, 0.05) is 13.2 Å². The Morgan fingerprint density at radius 3 is 2.43 bits per heavy atom. The molecule has 0 radical (unpaired) electrons. The first-order chi connectivity index (χ1) is 14.3. The Hall–Kier alpha value is -3.62. The van der Waals surface area contributed by atoms with Crippen LogP contribution in [0.2, 0.25) is 0 Å². The third-order valence-electron chi connectivity index (χ3n) is 4.75. The number of aryl methyl sites for hydroxylation is 1. The van der Waals surface area contributed by atoms with E-state index in [1.165, 1.54) is 0 Å². The molecule has 0 spiro atoms. The summed E-state index contributed by atoms with van der Waals surface area (Å²) in [6, 6.07) is 17.1. The molecule has 1 atom stereocenters. The predicted molar refractivity (Wildman–Crippen MR) is 104 cm³/mol. The Morgan fingerprint density at radius 2 is 1.77 bits per heavy atom. The summed E-state index contributed by atoms with van der Waals surface area (Å²) in [7, 11) is 1.86. The van der Waals surface area contributed by atoms with E-state index in [0.29, 0.717) is 5.82 Å². The number of hydrogen-bond acceptors (Lipinski definition) is 3. The van der Waals surface area contributed by atoms with Gasteiger partial charge in [-0.3, -0.25) is 9.48 Å². The lowest BCUT2D eigenvalue weighted by Crippen LogP contribution is -2.33. The van der Waals surface area contributed by atoms with Crippen LogP contribution in [0.5, 0.6) is 0 Å². The van der Waals surface area contributed by atoms with Gasteiger partial charge in [-0.2, -0.15) is 18.3 Å². The van der Waals surface area contributed by atoms with Gasteiger partial charge in [-0.1, -0.05) is 42.5 Å². The molecule has 1 N–H and O–H groups in total. The van der Waals surface area contributed by atoms with Crippen LogP contribution in [-0.4, -0.2) is 25.2 Å². The SMILES string of the molecule is Cn1c(C(NC(=O)Cn2ccc(C(F)(F)F)n2)c2ccccc2)nc2ccccc21. The average Bonchev–Trinajstić information content (AvgIpc) is 3.32. The van der Waals surface area contributed by atoms with Crippen molar-refractivity contribution >= 4 is 16.9 Å². The highest BCUT2D eigenvalue weighted by Crippen LogP contribution is 2.27. The van der Waals surface area contributed by atoms with Crippen LogP contribution in [-0.2, 0) is 24.6 Å². The van der Waals surface area contributed by atoms with Crippen molar-refractivity contribution in [1.82, 2.24) is 24.6 Å². The third kappa shape index (κ3) is 3.91.